The summed E-state index contributed by atoms with van der Waals surface area (Å²) in [4.78, 5) is 2.46. The minimum atomic E-state index is 0.763. The van der Waals surface area contributed by atoms with Crippen molar-refractivity contribution >= 4 is 0 Å². The van der Waals surface area contributed by atoms with Gasteiger partial charge < -0.3 is 15.0 Å². The Morgan fingerprint density at radius 1 is 1.40 bits per heavy atom. The Balaban J connectivity index is 1.89. The van der Waals surface area contributed by atoms with Gasteiger partial charge in [-0.05, 0) is 39.7 Å². The molecule has 1 aliphatic rings. The number of rotatable bonds is 9. The maximum atomic E-state index is 5.26. The zero-order chi connectivity index (χ0) is 11.1. The van der Waals surface area contributed by atoms with E-state index in [4.69, 9.17) is 4.74 Å². The quantitative estimate of drug-likeness (QED) is 0.586. The van der Waals surface area contributed by atoms with Crippen LogP contribution in [0.2, 0.25) is 0 Å². The van der Waals surface area contributed by atoms with E-state index in [9.17, 15) is 0 Å². The van der Waals surface area contributed by atoms with Crippen molar-refractivity contribution in [1.82, 2.24) is 10.2 Å². The van der Waals surface area contributed by atoms with E-state index >= 15 is 0 Å². The Bertz CT molecular complexity index is 160. The molecule has 0 aromatic rings. The fourth-order valence-corrected chi connectivity index (χ4v) is 1.81. The molecule has 0 heterocycles. The molecule has 0 amide bonds. The first-order valence-corrected chi connectivity index (χ1v) is 6.24. The molecule has 1 saturated carbocycles. The summed E-state index contributed by atoms with van der Waals surface area (Å²) < 4.78 is 5.26. The van der Waals surface area contributed by atoms with Crippen LogP contribution >= 0.6 is 0 Å². The first-order chi connectivity index (χ1) is 7.25. The van der Waals surface area contributed by atoms with Gasteiger partial charge in [0.05, 0.1) is 6.61 Å². The second-order valence-electron chi connectivity index (χ2n) is 4.51. The zero-order valence-electron chi connectivity index (χ0n) is 10.5. The van der Waals surface area contributed by atoms with E-state index < -0.39 is 0 Å². The average Bonchev–Trinajstić information content (AvgIpc) is 3.05. The van der Waals surface area contributed by atoms with E-state index in [1.807, 2.05) is 6.92 Å². The maximum Gasteiger partial charge on any atom is 0.0590 e. The molecule has 1 aliphatic carbocycles. The highest BCUT2D eigenvalue weighted by atomic mass is 16.5. The molecule has 0 radical (unpaired) electrons. The van der Waals surface area contributed by atoms with Crippen molar-refractivity contribution in [2.45, 2.75) is 32.7 Å². The molecule has 1 rings (SSSR count). The molecular formula is C12H26N2O. The maximum absolute atomic E-state index is 5.26. The molecule has 3 nitrogen and oxygen atoms in total. The lowest BCUT2D eigenvalue weighted by Crippen LogP contribution is -2.37. The van der Waals surface area contributed by atoms with Crippen LogP contribution in [0.4, 0.5) is 0 Å². The molecule has 0 aliphatic heterocycles. The van der Waals surface area contributed by atoms with Crippen LogP contribution in [-0.2, 0) is 4.74 Å². The predicted molar refractivity (Wildman–Crippen MR) is 64.2 cm³/mol. The Morgan fingerprint density at radius 2 is 2.13 bits per heavy atom. The summed E-state index contributed by atoms with van der Waals surface area (Å²) in [5.74, 6) is 0.971. The number of ether oxygens (including phenoxy) is 1. The zero-order valence-corrected chi connectivity index (χ0v) is 10.5. The van der Waals surface area contributed by atoms with Crippen molar-refractivity contribution < 1.29 is 4.74 Å². The van der Waals surface area contributed by atoms with Crippen molar-refractivity contribution in [2.24, 2.45) is 5.92 Å². The lowest BCUT2D eigenvalue weighted by atomic mass is 10.2. The van der Waals surface area contributed by atoms with Crippen molar-refractivity contribution in [3.63, 3.8) is 0 Å². The summed E-state index contributed by atoms with van der Waals surface area (Å²) in [6.45, 7) is 9.21. The first kappa shape index (κ1) is 12.9. The molecule has 0 aromatic carbocycles. The fourth-order valence-electron chi connectivity index (χ4n) is 1.81. The molecular weight excluding hydrogens is 188 g/mol. The Hall–Kier alpha value is -0.120. The summed E-state index contributed by atoms with van der Waals surface area (Å²) in [7, 11) is 2.23. The number of nitrogens with one attached hydrogen (secondary N) is 1. The Morgan fingerprint density at radius 3 is 2.73 bits per heavy atom. The van der Waals surface area contributed by atoms with Crippen LogP contribution in [0.15, 0.2) is 0 Å². The van der Waals surface area contributed by atoms with Crippen molar-refractivity contribution in [3.05, 3.63) is 0 Å². The van der Waals surface area contributed by atoms with Crippen molar-refractivity contribution in [1.29, 1.82) is 0 Å². The number of hydrogen-bond acceptors (Lipinski definition) is 3. The molecule has 90 valence electrons. The van der Waals surface area contributed by atoms with Gasteiger partial charge in [-0.1, -0.05) is 0 Å². The van der Waals surface area contributed by atoms with Crippen LogP contribution in [0.3, 0.4) is 0 Å². The highest BCUT2D eigenvalue weighted by Crippen LogP contribution is 2.34. The molecule has 3 heteroatoms. The minimum Gasteiger partial charge on any atom is -0.380 e. The smallest absolute Gasteiger partial charge is 0.0590 e. The van der Waals surface area contributed by atoms with Crippen molar-refractivity contribution in [2.75, 3.05) is 39.9 Å². The third-order valence-electron chi connectivity index (χ3n) is 3.27. The second kappa shape index (κ2) is 7.20. The summed E-state index contributed by atoms with van der Waals surface area (Å²) in [5, 5.41) is 3.40. The van der Waals surface area contributed by atoms with E-state index in [0.717, 1.165) is 44.8 Å². The highest BCUT2D eigenvalue weighted by molar-refractivity contribution is 4.84. The third kappa shape index (κ3) is 5.50. The molecule has 0 saturated heterocycles. The number of hydrogen-bond donors (Lipinski definition) is 1. The number of likely N-dealkylation sites (N-methyl/N-ethyl adjacent to an activating group) is 1. The number of nitrogens with zero attached hydrogens (tertiary/aromatic N) is 1. The molecule has 1 unspecified atom stereocenters. The largest absolute Gasteiger partial charge is 0.380 e. The van der Waals surface area contributed by atoms with E-state index in [1.54, 1.807) is 0 Å². The molecule has 1 N–H and O–H groups in total. The van der Waals surface area contributed by atoms with Gasteiger partial charge in [0.15, 0.2) is 0 Å². The molecule has 0 bridgehead atoms. The summed E-state index contributed by atoms with van der Waals surface area (Å²) >= 11 is 0. The van der Waals surface area contributed by atoms with Crippen LogP contribution in [0.25, 0.3) is 0 Å². The van der Waals surface area contributed by atoms with Gasteiger partial charge in [-0.2, -0.15) is 0 Å². The lowest BCUT2D eigenvalue weighted by Gasteiger charge is -2.24. The van der Waals surface area contributed by atoms with Crippen LogP contribution in [-0.4, -0.2) is 50.8 Å². The Kier molecular flexibility index (Phi) is 6.22. The summed E-state index contributed by atoms with van der Waals surface area (Å²) in [5.41, 5.74) is 0. The van der Waals surface area contributed by atoms with Crippen LogP contribution < -0.4 is 5.32 Å². The van der Waals surface area contributed by atoms with Gasteiger partial charge in [-0.25, -0.2) is 0 Å². The molecule has 0 aromatic heterocycles. The molecule has 1 atom stereocenters. The van der Waals surface area contributed by atoms with Gasteiger partial charge in [0.1, 0.15) is 0 Å². The SMILES string of the molecule is CCOCCNCCN(C)C(C)C1CC1. The standard InChI is InChI=1S/C12H26N2O/c1-4-15-10-8-13-7-9-14(3)11(2)12-5-6-12/h11-13H,4-10H2,1-3H3. The van der Waals surface area contributed by atoms with E-state index in [2.05, 4.69) is 24.2 Å². The highest BCUT2D eigenvalue weighted by Gasteiger charge is 2.29. The van der Waals surface area contributed by atoms with Gasteiger partial charge >= 0.3 is 0 Å². The van der Waals surface area contributed by atoms with Gasteiger partial charge in [-0.15, -0.1) is 0 Å². The Labute approximate surface area is 94.2 Å². The van der Waals surface area contributed by atoms with Gasteiger partial charge in [0.25, 0.3) is 0 Å². The monoisotopic (exact) mass is 214 g/mol. The van der Waals surface area contributed by atoms with E-state index in [1.165, 1.54) is 12.8 Å². The molecule has 15 heavy (non-hydrogen) atoms. The van der Waals surface area contributed by atoms with Crippen LogP contribution in [0, 0.1) is 5.92 Å². The summed E-state index contributed by atoms with van der Waals surface area (Å²) in [6.07, 6.45) is 2.87. The van der Waals surface area contributed by atoms with Crippen LogP contribution in [0.5, 0.6) is 0 Å². The van der Waals surface area contributed by atoms with E-state index in [0.29, 0.717) is 0 Å². The normalized spacial score (nSPS) is 18.4. The first-order valence-electron chi connectivity index (χ1n) is 6.24. The second-order valence-corrected chi connectivity index (χ2v) is 4.51. The van der Waals surface area contributed by atoms with Crippen LogP contribution in [0.1, 0.15) is 26.7 Å². The average molecular weight is 214 g/mol. The molecule has 1 fully saturated rings. The van der Waals surface area contributed by atoms with Gasteiger partial charge in [0.2, 0.25) is 0 Å². The van der Waals surface area contributed by atoms with Gasteiger partial charge in [0, 0.05) is 32.3 Å². The predicted octanol–water partition coefficient (Wildman–Crippen LogP) is 1.34. The van der Waals surface area contributed by atoms with E-state index in [-0.39, 0.29) is 0 Å². The minimum absolute atomic E-state index is 0.763. The molecule has 0 spiro atoms. The topological polar surface area (TPSA) is 24.5 Å². The summed E-state index contributed by atoms with van der Waals surface area (Å²) in [6, 6.07) is 0.763. The lowest BCUT2D eigenvalue weighted by molar-refractivity contribution is 0.147. The third-order valence-corrected chi connectivity index (χ3v) is 3.27. The fraction of sp³-hybridized carbons (Fsp3) is 1.00. The van der Waals surface area contributed by atoms with Gasteiger partial charge in [-0.3, -0.25) is 0 Å². The van der Waals surface area contributed by atoms with Crippen molar-refractivity contribution in [3.8, 4) is 0 Å².